The molecule has 0 aromatic heterocycles. The van der Waals surface area contributed by atoms with Crippen molar-refractivity contribution >= 4 is 17.6 Å². The number of likely N-dealkylation sites (tertiary alicyclic amines) is 2. The molecule has 6 heteroatoms. The number of amides is 3. The Morgan fingerprint density at radius 3 is 2.64 bits per heavy atom. The van der Waals surface area contributed by atoms with Crippen LogP contribution in [0.1, 0.15) is 32.3 Å². The van der Waals surface area contributed by atoms with Gasteiger partial charge >= 0.3 is 6.03 Å². The molecule has 6 nitrogen and oxygen atoms in total. The molecule has 2 N–H and O–H groups in total. The van der Waals surface area contributed by atoms with E-state index in [1.807, 2.05) is 36.1 Å². The van der Waals surface area contributed by atoms with E-state index >= 15 is 0 Å². The normalized spacial score (nSPS) is 26.6. The van der Waals surface area contributed by atoms with Gasteiger partial charge in [-0.05, 0) is 37.3 Å². The van der Waals surface area contributed by atoms with E-state index in [4.69, 9.17) is 0 Å². The Hall–Kier alpha value is -2.08. The van der Waals surface area contributed by atoms with Crippen LogP contribution in [0.15, 0.2) is 24.3 Å². The average Bonchev–Trinajstić information content (AvgIpc) is 3.17. The Kier molecular flexibility index (Phi) is 5.08. The number of hydrogen-bond acceptors (Lipinski definition) is 3. The van der Waals surface area contributed by atoms with E-state index in [1.54, 1.807) is 0 Å². The van der Waals surface area contributed by atoms with Crippen LogP contribution >= 0.6 is 0 Å². The molecule has 3 fully saturated rings. The second-order valence-electron chi connectivity index (χ2n) is 9.20. The van der Waals surface area contributed by atoms with Crippen LogP contribution in [-0.4, -0.2) is 60.0 Å². The molecule has 3 aliphatic heterocycles. The molecule has 152 valence electrons. The lowest BCUT2D eigenvalue weighted by molar-refractivity contribution is -0.123. The number of para-hydroxylation sites is 1. The minimum absolute atomic E-state index is 0.0436. The first-order valence-electron chi connectivity index (χ1n) is 10.5. The predicted octanol–water partition coefficient (Wildman–Crippen LogP) is 2.70. The summed E-state index contributed by atoms with van der Waals surface area (Å²) in [6.07, 6.45) is 1.69. The number of rotatable bonds is 3. The largest absolute Gasteiger partial charge is 0.350 e. The predicted molar refractivity (Wildman–Crippen MR) is 110 cm³/mol. The fourth-order valence-electron chi connectivity index (χ4n) is 5.32. The highest BCUT2D eigenvalue weighted by atomic mass is 16.2. The first-order chi connectivity index (χ1) is 13.4. The summed E-state index contributed by atoms with van der Waals surface area (Å²) >= 11 is 0. The third-order valence-electron chi connectivity index (χ3n) is 6.77. The molecule has 3 saturated heterocycles. The summed E-state index contributed by atoms with van der Waals surface area (Å²) < 4.78 is 0. The van der Waals surface area contributed by atoms with Gasteiger partial charge < -0.3 is 20.4 Å². The Balaban J connectivity index is 1.39. The van der Waals surface area contributed by atoms with Crippen LogP contribution in [0.3, 0.4) is 0 Å². The summed E-state index contributed by atoms with van der Waals surface area (Å²) in [4.78, 5) is 29.7. The maximum Gasteiger partial charge on any atom is 0.321 e. The molecule has 3 amide bonds. The second kappa shape index (κ2) is 7.39. The van der Waals surface area contributed by atoms with Crippen molar-refractivity contribution in [2.45, 2.75) is 39.2 Å². The molecule has 1 aromatic rings. The zero-order valence-corrected chi connectivity index (χ0v) is 17.2. The van der Waals surface area contributed by atoms with Crippen LogP contribution in [0.4, 0.5) is 10.5 Å². The number of nitrogens with one attached hydrogen (secondary N) is 2. The third kappa shape index (κ3) is 3.50. The number of hydrogen-bond donors (Lipinski definition) is 2. The minimum Gasteiger partial charge on any atom is -0.350 e. The zero-order valence-electron chi connectivity index (χ0n) is 17.2. The quantitative estimate of drug-likeness (QED) is 0.842. The summed E-state index contributed by atoms with van der Waals surface area (Å²) in [5.74, 6) is 1.32. The van der Waals surface area contributed by atoms with Crippen molar-refractivity contribution in [3.05, 3.63) is 29.8 Å². The number of aryl methyl sites for hydroxylation is 1. The molecule has 28 heavy (non-hydrogen) atoms. The molecular weight excluding hydrogens is 352 g/mol. The van der Waals surface area contributed by atoms with Crippen molar-refractivity contribution in [3.63, 3.8) is 0 Å². The number of nitrogens with zero attached hydrogens (tertiary/aromatic N) is 2. The van der Waals surface area contributed by atoms with E-state index in [0.29, 0.717) is 24.9 Å². The van der Waals surface area contributed by atoms with Crippen molar-refractivity contribution in [2.75, 3.05) is 38.0 Å². The van der Waals surface area contributed by atoms with E-state index in [9.17, 15) is 9.59 Å². The van der Waals surface area contributed by atoms with Gasteiger partial charge in [-0.15, -0.1) is 0 Å². The standard InChI is InChI=1S/C22H32N4O2/c1-15(2)12-25-13-17-18(14-25)22(24-20(17)27)8-10-26(11-9-22)21(28)23-19-7-5-4-6-16(19)3/h4-7,15,17-18H,8-14H2,1-3H3,(H,23,28)(H,24,27)/t17-,18+/m0/s1. The van der Waals surface area contributed by atoms with Gasteiger partial charge in [0.05, 0.1) is 5.92 Å². The molecule has 4 rings (SSSR count). The van der Waals surface area contributed by atoms with E-state index in [0.717, 1.165) is 43.7 Å². The molecule has 3 heterocycles. The number of piperidine rings is 1. The molecule has 2 atom stereocenters. The summed E-state index contributed by atoms with van der Waals surface area (Å²) in [5, 5.41) is 6.37. The van der Waals surface area contributed by atoms with E-state index in [-0.39, 0.29) is 23.4 Å². The SMILES string of the molecule is Cc1ccccc1NC(=O)N1CCC2(CC1)NC(=O)[C@H]1CN(CC(C)C)C[C@H]12. The van der Waals surface area contributed by atoms with Gasteiger partial charge in [0, 0.05) is 49.9 Å². The average molecular weight is 385 g/mol. The molecule has 0 saturated carbocycles. The lowest BCUT2D eigenvalue weighted by Gasteiger charge is -2.42. The number of benzene rings is 1. The van der Waals surface area contributed by atoms with Crippen molar-refractivity contribution in [3.8, 4) is 0 Å². The minimum atomic E-state index is -0.132. The van der Waals surface area contributed by atoms with E-state index in [2.05, 4.69) is 29.4 Å². The molecule has 0 unspecified atom stereocenters. The van der Waals surface area contributed by atoms with Crippen LogP contribution in [-0.2, 0) is 4.79 Å². The van der Waals surface area contributed by atoms with Crippen LogP contribution in [0.5, 0.6) is 0 Å². The molecule has 0 bridgehead atoms. The molecule has 1 aromatic carbocycles. The van der Waals surface area contributed by atoms with Crippen molar-refractivity contribution in [1.82, 2.24) is 15.1 Å². The zero-order chi connectivity index (χ0) is 19.9. The third-order valence-corrected chi connectivity index (χ3v) is 6.77. The second-order valence-corrected chi connectivity index (χ2v) is 9.20. The van der Waals surface area contributed by atoms with Crippen LogP contribution in [0.25, 0.3) is 0 Å². The van der Waals surface area contributed by atoms with Gasteiger partial charge in [-0.3, -0.25) is 4.79 Å². The van der Waals surface area contributed by atoms with Crippen LogP contribution < -0.4 is 10.6 Å². The highest BCUT2D eigenvalue weighted by Gasteiger charge is 2.57. The Morgan fingerprint density at radius 2 is 1.96 bits per heavy atom. The van der Waals surface area contributed by atoms with Crippen molar-refractivity contribution in [2.24, 2.45) is 17.8 Å². The van der Waals surface area contributed by atoms with Gasteiger partial charge in [0.1, 0.15) is 0 Å². The number of urea groups is 1. The first-order valence-corrected chi connectivity index (χ1v) is 10.5. The Bertz CT molecular complexity index is 755. The number of fused-ring (bicyclic) bond motifs is 2. The topological polar surface area (TPSA) is 64.7 Å². The maximum absolute atomic E-state index is 12.7. The summed E-state index contributed by atoms with van der Waals surface area (Å²) in [7, 11) is 0. The van der Waals surface area contributed by atoms with Gasteiger partial charge in [-0.25, -0.2) is 4.79 Å². The Morgan fingerprint density at radius 1 is 1.25 bits per heavy atom. The highest BCUT2D eigenvalue weighted by molar-refractivity contribution is 5.90. The van der Waals surface area contributed by atoms with Gasteiger partial charge in [0.2, 0.25) is 5.91 Å². The maximum atomic E-state index is 12.7. The van der Waals surface area contributed by atoms with Gasteiger partial charge in [-0.1, -0.05) is 32.0 Å². The van der Waals surface area contributed by atoms with Gasteiger partial charge in [-0.2, -0.15) is 0 Å². The van der Waals surface area contributed by atoms with Gasteiger partial charge in [0.25, 0.3) is 0 Å². The van der Waals surface area contributed by atoms with Gasteiger partial charge in [0.15, 0.2) is 0 Å². The molecule has 0 radical (unpaired) electrons. The lowest BCUT2D eigenvalue weighted by Crippen LogP contribution is -2.56. The number of carbonyl (C=O) groups is 2. The number of carbonyl (C=O) groups excluding carboxylic acids is 2. The van der Waals surface area contributed by atoms with Crippen molar-refractivity contribution < 1.29 is 9.59 Å². The van der Waals surface area contributed by atoms with Crippen LogP contribution in [0, 0.1) is 24.7 Å². The number of anilines is 1. The summed E-state index contributed by atoms with van der Waals surface area (Å²) in [5.41, 5.74) is 1.79. The van der Waals surface area contributed by atoms with Crippen molar-refractivity contribution in [1.29, 1.82) is 0 Å². The Labute approximate surface area is 167 Å². The molecule has 3 aliphatic rings. The van der Waals surface area contributed by atoms with Crippen LogP contribution in [0.2, 0.25) is 0 Å². The monoisotopic (exact) mass is 384 g/mol. The molecule has 1 spiro atoms. The molecule has 0 aliphatic carbocycles. The van der Waals surface area contributed by atoms with E-state index < -0.39 is 0 Å². The summed E-state index contributed by atoms with van der Waals surface area (Å²) in [6.45, 7) is 10.8. The smallest absolute Gasteiger partial charge is 0.321 e. The molecular formula is C22H32N4O2. The van der Waals surface area contributed by atoms with E-state index in [1.165, 1.54) is 0 Å². The summed E-state index contributed by atoms with van der Waals surface area (Å²) in [6, 6.07) is 7.79. The highest BCUT2D eigenvalue weighted by Crippen LogP contribution is 2.44. The fourth-order valence-corrected chi connectivity index (χ4v) is 5.32. The fraction of sp³-hybridized carbons (Fsp3) is 0.636. The first kappa shape index (κ1) is 19.2. The lowest BCUT2D eigenvalue weighted by atomic mass is 9.75.